The topological polar surface area (TPSA) is 67.8 Å². The molecule has 2 heterocycles. The largest absolute Gasteiger partial charge is 0.349 e. The standard InChI is InChI=1S/C11H10N4O/c16-11(15-8-1-2-8)7-5-9-10(14-6-7)13-4-3-12-9/h3-6,8H,1-2H2,(H,15,16). The molecule has 16 heavy (non-hydrogen) atoms. The van der Waals surface area contributed by atoms with Crippen LogP contribution in [0.5, 0.6) is 0 Å². The Labute approximate surface area is 91.9 Å². The van der Waals surface area contributed by atoms with Gasteiger partial charge in [-0.15, -0.1) is 0 Å². The van der Waals surface area contributed by atoms with Gasteiger partial charge in [0, 0.05) is 24.6 Å². The molecule has 1 N–H and O–H groups in total. The molecule has 2 aromatic heterocycles. The number of carbonyl (C=O) groups excluding carboxylic acids is 1. The monoisotopic (exact) mass is 214 g/mol. The summed E-state index contributed by atoms with van der Waals surface area (Å²) in [5, 5.41) is 2.91. The molecule has 5 nitrogen and oxygen atoms in total. The van der Waals surface area contributed by atoms with Gasteiger partial charge < -0.3 is 5.32 Å². The number of fused-ring (bicyclic) bond motifs is 1. The Balaban J connectivity index is 1.94. The Morgan fingerprint density at radius 3 is 2.88 bits per heavy atom. The summed E-state index contributed by atoms with van der Waals surface area (Å²) in [6.07, 6.45) is 6.86. The van der Waals surface area contributed by atoms with Gasteiger partial charge in [-0.1, -0.05) is 0 Å². The number of nitrogens with one attached hydrogen (secondary N) is 1. The minimum absolute atomic E-state index is 0.0810. The highest BCUT2D eigenvalue weighted by Crippen LogP contribution is 2.19. The predicted molar refractivity (Wildman–Crippen MR) is 57.8 cm³/mol. The molecule has 80 valence electrons. The van der Waals surface area contributed by atoms with Crippen molar-refractivity contribution >= 4 is 17.1 Å². The summed E-state index contributed by atoms with van der Waals surface area (Å²) in [5.41, 5.74) is 1.75. The summed E-state index contributed by atoms with van der Waals surface area (Å²) in [4.78, 5) is 24.0. The second-order valence-corrected chi connectivity index (χ2v) is 3.87. The van der Waals surface area contributed by atoms with Crippen molar-refractivity contribution in [3.63, 3.8) is 0 Å². The average molecular weight is 214 g/mol. The zero-order valence-corrected chi connectivity index (χ0v) is 8.55. The number of rotatable bonds is 2. The lowest BCUT2D eigenvalue weighted by Crippen LogP contribution is -2.25. The van der Waals surface area contributed by atoms with Gasteiger partial charge in [0.2, 0.25) is 0 Å². The Hall–Kier alpha value is -2.04. The summed E-state index contributed by atoms with van der Waals surface area (Å²) in [6.45, 7) is 0. The number of amides is 1. The molecule has 1 amide bonds. The average Bonchev–Trinajstić information content (AvgIpc) is 3.12. The van der Waals surface area contributed by atoms with Gasteiger partial charge in [0.15, 0.2) is 5.65 Å². The van der Waals surface area contributed by atoms with Gasteiger partial charge in [0.25, 0.3) is 5.91 Å². The Bertz CT molecular complexity index is 550. The number of carbonyl (C=O) groups is 1. The summed E-state index contributed by atoms with van der Waals surface area (Å²) < 4.78 is 0. The Morgan fingerprint density at radius 1 is 1.25 bits per heavy atom. The van der Waals surface area contributed by atoms with E-state index < -0.39 is 0 Å². The van der Waals surface area contributed by atoms with E-state index in [1.807, 2.05) is 0 Å². The van der Waals surface area contributed by atoms with E-state index in [1.54, 1.807) is 18.5 Å². The first-order valence-electron chi connectivity index (χ1n) is 5.20. The smallest absolute Gasteiger partial charge is 0.253 e. The minimum Gasteiger partial charge on any atom is -0.349 e. The van der Waals surface area contributed by atoms with E-state index in [1.165, 1.54) is 6.20 Å². The quantitative estimate of drug-likeness (QED) is 0.807. The lowest BCUT2D eigenvalue weighted by Gasteiger charge is -2.03. The van der Waals surface area contributed by atoms with Crippen LogP contribution in [-0.2, 0) is 0 Å². The van der Waals surface area contributed by atoms with E-state index in [2.05, 4.69) is 20.3 Å². The van der Waals surface area contributed by atoms with E-state index in [0.29, 0.717) is 22.8 Å². The molecule has 1 aliphatic carbocycles. The van der Waals surface area contributed by atoms with E-state index in [9.17, 15) is 4.79 Å². The first-order chi connectivity index (χ1) is 7.83. The van der Waals surface area contributed by atoms with Crippen molar-refractivity contribution < 1.29 is 4.79 Å². The number of pyridine rings is 1. The van der Waals surface area contributed by atoms with Gasteiger partial charge in [-0.25, -0.2) is 9.97 Å². The number of hydrogen-bond acceptors (Lipinski definition) is 4. The summed E-state index contributed by atoms with van der Waals surface area (Å²) in [6, 6.07) is 2.07. The van der Waals surface area contributed by atoms with Gasteiger partial charge in [-0.05, 0) is 18.9 Å². The molecule has 1 aliphatic rings. The van der Waals surface area contributed by atoms with E-state index in [-0.39, 0.29) is 5.91 Å². The van der Waals surface area contributed by atoms with E-state index >= 15 is 0 Å². The van der Waals surface area contributed by atoms with Crippen LogP contribution in [0.2, 0.25) is 0 Å². The van der Waals surface area contributed by atoms with Crippen molar-refractivity contribution in [1.29, 1.82) is 0 Å². The van der Waals surface area contributed by atoms with Crippen LogP contribution in [0.4, 0.5) is 0 Å². The molecule has 0 aromatic carbocycles. The minimum atomic E-state index is -0.0810. The molecule has 2 aromatic rings. The van der Waals surface area contributed by atoms with Crippen LogP contribution in [0, 0.1) is 0 Å². The zero-order valence-electron chi connectivity index (χ0n) is 8.55. The molecule has 1 saturated carbocycles. The van der Waals surface area contributed by atoms with Crippen LogP contribution >= 0.6 is 0 Å². The van der Waals surface area contributed by atoms with Gasteiger partial charge in [-0.3, -0.25) is 9.78 Å². The maximum Gasteiger partial charge on any atom is 0.253 e. The van der Waals surface area contributed by atoms with Crippen molar-refractivity contribution in [2.24, 2.45) is 0 Å². The van der Waals surface area contributed by atoms with Crippen molar-refractivity contribution in [2.45, 2.75) is 18.9 Å². The van der Waals surface area contributed by atoms with E-state index in [4.69, 9.17) is 0 Å². The Morgan fingerprint density at radius 2 is 2.06 bits per heavy atom. The molecule has 0 aliphatic heterocycles. The highest BCUT2D eigenvalue weighted by atomic mass is 16.1. The fraction of sp³-hybridized carbons (Fsp3) is 0.273. The summed E-state index contributed by atoms with van der Waals surface area (Å²) >= 11 is 0. The normalized spacial score (nSPS) is 15.0. The van der Waals surface area contributed by atoms with Crippen LogP contribution < -0.4 is 5.32 Å². The lowest BCUT2D eigenvalue weighted by atomic mass is 10.2. The van der Waals surface area contributed by atoms with Crippen molar-refractivity contribution in [3.05, 3.63) is 30.2 Å². The fourth-order valence-electron chi connectivity index (χ4n) is 1.48. The third kappa shape index (κ3) is 1.71. The van der Waals surface area contributed by atoms with Crippen molar-refractivity contribution in [3.8, 4) is 0 Å². The van der Waals surface area contributed by atoms with Crippen molar-refractivity contribution in [2.75, 3.05) is 0 Å². The molecule has 0 spiro atoms. The molecule has 3 rings (SSSR count). The summed E-state index contributed by atoms with van der Waals surface area (Å²) in [5.74, 6) is -0.0810. The van der Waals surface area contributed by atoms with Gasteiger partial charge in [0.1, 0.15) is 5.52 Å². The molecule has 0 atom stereocenters. The predicted octanol–water partition coefficient (Wildman–Crippen LogP) is 0.917. The zero-order chi connectivity index (χ0) is 11.0. The highest BCUT2D eigenvalue weighted by Gasteiger charge is 2.23. The molecule has 0 radical (unpaired) electrons. The number of aromatic nitrogens is 3. The molecule has 5 heteroatoms. The molecule has 0 unspecified atom stereocenters. The number of hydrogen-bond donors (Lipinski definition) is 1. The summed E-state index contributed by atoms with van der Waals surface area (Å²) in [7, 11) is 0. The van der Waals surface area contributed by atoms with Gasteiger partial charge in [0.05, 0.1) is 5.56 Å². The maximum absolute atomic E-state index is 11.7. The number of nitrogens with zero attached hydrogens (tertiary/aromatic N) is 3. The first kappa shape index (κ1) is 9.21. The maximum atomic E-state index is 11.7. The first-order valence-corrected chi connectivity index (χ1v) is 5.20. The van der Waals surface area contributed by atoms with Crippen LogP contribution in [0.15, 0.2) is 24.7 Å². The van der Waals surface area contributed by atoms with Gasteiger partial charge >= 0.3 is 0 Å². The van der Waals surface area contributed by atoms with Crippen LogP contribution in [0.25, 0.3) is 11.2 Å². The SMILES string of the molecule is O=C(NC1CC1)c1cnc2nccnc2c1. The van der Waals surface area contributed by atoms with Crippen LogP contribution in [0.3, 0.4) is 0 Å². The molecule has 0 bridgehead atoms. The fourth-order valence-corrected chi connectivity index (χ4v) is 1.48. The van der Waals surface area contributed by atoms with E-state index in [0.717, 1.165) is 12.8 Å². The molecular formula is C11H10N4O. The molecule has 0 saturated heterocycles. The van der Waals surface area contributed by atoms with Crippen LogP contribution in [-0.4, -0.2) is 26.9 Å². The second-order valence-electron chi connectivity index (χ2n) is 3.87. The molecule has 1 fully saturated rings. The van der Waals surface area contributed by atoms with Crippen LogP contribution in [0.1, 0.15) is 23.2 Å². The third-order valence-corrected chi connectivity index (χ3v) is 2.50. The molecular weight excluding hydrogens is 204 g/mol. The van der Waals surface area contributed by atoms with Crippen molar-refractivity contribution in [1.82, 2.24) is 20.3 Å². The third-order valence-electron chi connectivity index (χ3n) is 2.50. The van der Waals surface area contributed by atoms with Gasteiger partial charge in [-0.2, -0.15) is 0 Å². The lowest BCUT2D eigenvalue weighted by molar-refractivity contribution is 0.0951. The Kier molecular flexibility index (Phi) is 2.02. The second kappa shape index (κ2) is 3.52. The highest BCUT2D eigenvalue weighted by molar-refractivity contribution is 5.96.